The molecule has 2 aliphatic rings. The Bertz CT molecular complexity index is 485. The molecule has 3 atom stereocenters. The molecular weight excluding hydrogens is 332 g/mol. The van der Waals surface area contributed by atoms with Gasteiger partial charge in [-0.2, -0.15) is 11.8 Å². The molecule has 2 fully saturated rings. The van der Waals surface area contributed by atoms with Crippen LogP contribution in [0, 0.1) is 0 Å². The predicted molar refractivity (Wildman–Crippen MR) is 91.8 cm³/mol. The molecule has 2 unspecified atom stereocenters. The highest BCUT2D eigenvalue weighted by atomic mass is 32.2. The number of rotatable bonds is 11. The molecule has 24 heavy (non-hydrogen) atoms. The van der Waals surface area contributed by atoms with Crippen LogP contribution in [0.4, 0.5) is 4.79 Å². The minimum Gasteiger partial charge on any atom is -0.379 e. The average molecular weight is 356 g/mol. The van der Waals surface area contributed by atoms with Crippen LogP contribution >= 0.6 is 11.8 Å². The number of azide groups is 1. The molecule has 0 aromatic carbocycles. The molecule has 0 aromatic heterocycles. The van der Waals surface area contributed by atoms with Crippen LogP contribution in [-0.2, 0) is 9.53 Å². The summed E-state index contributed by atoms with van der Waals surface area (Å²) in [6.45, 7) is 1.56. The molecule has 0 spiro atoms. The average Bonchev–Trinajstić information content (AvgIpc) is 3.10. The van der Waals surface area contributed by atoms with Crippen molar-refractivity contribution < 1.29 is 14.3 Å². The second-order valence-electron chi connectivity index (χ2n) is 5.78. The second kappa shape index (κ2) is 10.3. The van der Waals surface area contributed by atoms with E-state index in [2.05, 4.69) is 26.0 Å². The first-order valence-corrected chi connectivity index (χ1v) is 9.29. The molecule has 2 aliphatic heterocycles. The van der Waals surface area contributed by atoms with Crippen molar-refractivity contribution in [3.63, 3.8) is 0 Å². The van der Waals surface area contributed by atoms with Crippen molar-refractivity contribution in [3.8, 4) is 0 Å². The summed E-state index contributed by atoms with van der Waals surface area (Å²) in [6.07, 6.45) is 3.35. The zero-order valence-electron chi connectivity index (χ0n) is 13.6. The Labute approximate surface area is 145 Å². The Kier molecular flexibility index (Phi) is 8.00. The molecule has 3 amide bonds. The van der Waals surface area contributed by atoms with E-state index in [1.807, 2.05) is 11.8 Å². The molecule has 134 valence electrons. The van der Waals surface area contributed by atoms with Crippen LogP contribution in [0.25, 0.3) is 10.4 Å². The van der Waals surface area contributed by atoms with Crippen molar-refractivity contribution in [2.24, 2.45) is 5.11 Å². The number of thioether (sulfide) groups is 1. The quantitative estimate of drug-likeness (QED) is 0.169. The van der Waals surface area contributed by atoms with Crippen molar-refractivity contribution >= 4 is 23.7 Å². The maximum atomic E-state index is 11.7. The number of carbonyl (C=O) groups excluding carboxylic acids is 2. The van der Waals surface area contributed by atoms with E-state index < -0.39 is 0 Å². The molecule has 0 saturated carbocycles. The number of fused-ring (bicyclic) bond motifs is 1. The number of carbonyl (C=O) groups is 2. The van der Waals surface area contributed by atoms with Crippen LogP contribution in [0.15, 0.2) is 5.11 Å². The fourth-order valence-corrected chi connectivity index (χ4v) is 4.42. The third-order valence-electron chi connectivity index (χ3n) is 4.05. The fraction of sp³-hybridized carbons (Fsp3) is 0.857. The predicted octanol–water partition coefficient (Wildman–Crippen LogP) is 1.16. The van der Waals surface area contributed by atoms with E-state index in [0.29, 0.717) is 38.0 Å². The maximum absolute atomic E-state index is 11.7. The monoisotopic (exact) mass is 356 g/mol. The molecule has 2 saturated heterocycles. The minimum absolute atomic E-state index is 0.0291. The molecule has 10 heteroatoms. The molecular formula is C14H24N6O3S. The summed E-state index contributed by atoms with van der Waals surface area (Å²) in [5.41, 5.74) is 8.09. The summed E-state index contributed by atoms with van der Waals surface area (Å²) < 4.78 is 5.21. The van der Waals surface area contributed by atoms with Gasteiger partial charge in [0.25, 0.3) is 0 Å². The Morgan fingerprint density at radius 1 is 1.42 bits per heavy atom. The smallest absolute Gasteiger partial charge is 0.315 e. The molecule has 2 heterocycles. The van der Waals surface area contributed by atoms with Crippen LogP contribution in [0.5, 0.6) is 0 Å². The molecule has 0 bridgehead atoms. The van der Waals surface area contributed by atoms with Gasteiger partial charge in [-0.1, -0.05) is 11.5 Å². The zero-order valence-corrected chi connectivity index (χ0v) is 14.4. The van der Waals surface area contributed by atoms with Gasteiger partial charge < -0.3 is 20.7 Å². The van der Waals surface area contributed by atoms with Gasteiger partial charge in [0.05, 0.1) is 25.3 Å². The van der Waals surface area contributed by atoms with Crippen molar-refractivity contribution in [1.29, 1.82) is 0 Å². The number of hydrogen-bond donors (Lipinski definition) is 3. The number of amides is 3. The van der Waals surface area contributed by atoms with Gasteiger partial charge in [-0.15, -0.1) is 0 Å². The largest absolute Gasteiger partial charge is 0.379 e. The second-order valence-corrected chi connectivity index (χ2v) is 7.06. The number of ether oxygens (including phenoxy) is 1. The Hall–Kier alpha value is -1.64. The Morgan fingerprint density at radius 3 is 3.12 bits per heavy atom. The van der Waals surface area contributed by atoms with Gasteiger partial charge in [0.1, 0.15) is 0 Å². The third-order valence-corrected chi connectivity index (χ3v) is 5.56. The fourth-order valence-electron chi connectivity index (χ4n) is 2.88. The van der Waals surface area contributed by atoms with Crippen LogP contribution < -0.4 is 16.0 Å². The lowest BCUT2D eigenvalue weighted by molar-refractivity contribution is -0.121. The summed E-state index contributed by atoms with van der Waals surface area (Å²) in [6, 6.07) is 0.435. The highest BCUT2D eigenvalue weighted by Gasteiger charge is 2.42. The van der Waals surface area contributed by atoms with Crippen molar-refractivity contribution in [2.75, 3.05) is 32.1 Å². The van der Waals surface area contributed by atoms with Gasteiger partial charge in [-0.3, -0.25) is 4.79 Å². The van der Waals surface area contributed by atoms with E-state index in [9.17, 15) is 9.59 Å². The lowest BCUT2D eigenvalue weighted by Crippen LogP contribution is -2.36. The summed E-state index contributed by atoms with van der Waals surface area (Å²) in [5.74, 6) is 0.996. The SMILES string of the molecule is [N-]=[N+]=NCCOCCNC(=O)CCCC[C@@H]1SCC2NC(=O)NC21. The molecule has 9 nitrogen and oxygen atoms in total. The van der Waals surface area contributed by atoms with E-state index in [1.165, 1.54) is 0 Å². The summed E-state index contributed by atoms with van der Waals surface area (Å²) >= 11 is 1.90. The third kappa shape index (κ3) is 6.10. The van der Waals surface area contributed by atoms with Gasteiger partial charge >= 0.3 is 6.03 Å². The number of unbranched alkanes of at least 4 members (excludes halogenated alkanes) is 1. The first kappa shape index (κ1) is 18.7. The van der Waals surface area contributed by atoms with E-state index in [1.54, 1.807) is 0 Å². The van der Waals surface area contributed by atoms with E-state index in [4.69, 9.17) is 10.3 Å². The molecule has 2 rings (SSSR count). The van der Waals surface area contributed by atoms with Crippen molar-refractivity contribution in [3.05, 3.63) is 10.4 Å². The van der Waals surface area contributed by atoms with Crippen LogP contribution in [0.3, 0.4) is 0 Å². The zero-order chi connectivity index (χ0) is 17.2. The van der Waals surface area contributed by atoms with Gasteiger partial charge in [0.15, 0.2) is 0 Å². The van der Waals surface area contributed by atoms with E-state index in [0.717, 1.165) is 25.0 Å². The number of urea groups is 1. The van der Waals surface area contributed by atoms with E-state index in [-0.39, 0.29) is 24.0 Å². The molecule has 0 aliphatic carbocycles. The summed E-state index contributed by atoms with van der Waals surface area (Å²) in [5, 5.41) is 12.5. The first-order chi connectivity index (χ1) is 11.7. The van der Waals surface area contributed by atoms with Gasteiger partial charge in [-0.25, -0.2) is 4.79 Å². The van der Waals surface area contributed by atoms with Crippen LogP contribution in [-0.4, -0.2) is 61.3 Å². The van der Waals surface area contributed by atoms with Crippen molar-refractivity contribution in [1.82, 2.24) is 16.0 Å². The van der Waals surface area contributed by atoms with Crippen molar-refractivity contribution in [2.45, 2.75) is 43.0 Å². The highest BCUT2D eigenvalue weighted by molar-refractivity contribution is 8.00. The lowest BCUT2D eigenvalue weighted by Gasteiger charge is -2.16. The van der Waals surface area contributed by atoms with E-state index >= 15 is 0 Å². The molecule has 3 N–H and O–H groups in total. The molecule has 0 aromatic rings. The highest BCUT2D eigenvalue weighted by Crippen LogP contribution is 2.33. The lowest BCUT2D eigenvalue weighted by atomic mass is 10.0. The summed E-state index contributed by atoms with van der Waals surface area (Å²) in [7, 11) is 0. The maximum Gasteiger partial charge on any atom is 0.315 e. The Balaban J connectivity index is 1.45. The topological polar surface area (TPSA) is 128 Å². The van der Waals surface area contributed by atoms with Crippen LogP contribution in [0.1, 0.15) is 25.7 Å². The number of nitrogens with zero attached hydrogens (tertiary/aromatic N) is 3. The van der Waals surface area contributed by atoms with Gasteiger partial charge in [0, 0.05) is 35.4 Å². The standard InChI is InChI=1S/C14H24N6O3S/c15-20-17-6-8-23-7-5-16-12(21)4-2-1-3-11-13-10(9-24-11)18-14(22)19-13/h10-11,13H,1-9H2,(H,16,21)(H2,18,19,22)/t10?,11-,13?/m0/s1. The van der Waals surface area contributed by atoms with Gasteiger partial charge in [-0.05, 0) is 18.4 Å². The number of hydrogen-bond acceptors (Lipinski definition) is 5. The number of nitrogens with one attached hydrogen (secondary N) is 3. The van der Waals surface area contributed by atoms with Gasteiger partial charge in [0.2, 0.25) is 5.91 Å². The first-order valence-electron chi connectivity index (χ1n) is 8.24. The minimum atomic E-state index is -0.0590. The van der Waals surface area contributed by atoms with Crippen LogP contribution in [0.2, 0.25) is 0 Å². The Morgan fingerprint density at radius 2 is 2.29 bits per heavy atom. The normalized spacial score (nSPS) is 24.7. The molecule has 0 radical (unpaired) electrons. The summed E-state index contributed by atoms with van der Waals surface area (Å²) in [4.78, 5) is 25.6.